The van der Waals surface area contributed by atoms with Gasteiger partial charge in [-0.2, -0.15) is 0 Å². The highest BCUT2D eigenvalue weighted by atomic mass is 14.4. The van der Waals surface area contributed by atoms with Crippen LogP contribution in [-0.2, 0) is 0 Å². The Balaban J connectivity index is 1.44. The van der Waals surface area contributed by atoms with Crippen LogP contribution in [0.5, 0.6) is 0 Å². The van der Waals surface area contributed by atoms with E-state index in [-0.39, 0.29) is 0 Å². The largest absolute Gasteiger partial charge is 0.0533 e. The van der Waals surface area contributed by atoms with Crippen LogP contribution in [0.3, 0.4) is 0 Å². The minimum absolute atomic E-state index is 1.12. The lowest BCUT2D eigenvalue weighted by Crippen LogP contribution is -2.12. The molecule has 0 nitrogen and oxygen atoms in total. The molecule has 3 atom stereocenters. The van der Waals surface area contributed by atoms with Gasteiger partial charge in [-0.05, 0) is 42.9 Å². The minimum Gasteiger partial charge on any atom is -0.0533 e. The number of fused-ring (bicyclic) bond motifs is 2. The summed E-state index contributed by atoms with van der Waals surface area (Å²) in [6.45, 7) is 0. The van der Waals surface area contributed by atoms with Crippen molar-refractivity contribution in [2.24, 2.45) is 23.7 Å². The van der Waals surface area contributed by atoms with Gasteiger partial charge in [-0.25, -0.2) is 0 Å². The second-order valence-corrected chi connectivity index (χ2v) is 6.87. The SMILES string of the molecule is C1CCC(CCC2CC3CCCC2C3)CC1. The zero-order valence-electron chi connectivity index (χ0n) is 10.8. The van der Waals surface area contributed by atoms with Crippen molar-refractivity contribution in [1.82, 2.24) is 0 Å². The fraction of sp³-hybridized carbons (Fsp3) is 1.00. The van der Waals surface area contributed by atoms with Gasteiger partial charge in [0.1, 0.15) is 0 Å². The second kappa shape index (κ2) is 5.10. The van der Waals surface area contributed by atoms with Gasteiger partial charge in [-0.3, -0.25) is 0 Å². The molecule has 0 saturated heterocycles. The van der Waals surface area contributed by atoms with E-state index in [0.29, 0.717) is 0 Å². The van der Waals surface area contributed by atoms with Crippen LogP contribution in [0, 0.1) is 23.7 Å². The quantitative estimate of drug-likeness (QED) is 0.615. The molecule has 3 fully saturated rings. The normalized spacial score (nSPS) is 40.1. The summed E-state index contributed by atoms with van der Waals surface area (Å²) in [6.07, 6.45) is 18.8. The Kier molecular flexibility index (Phi) is 3.54. The molecule has 3 aliphatic carbocycles. The molecule has 3 rings (SSSR count). The maximum Gasteiger partial charge on any atom is -0.0383 e. The fourth-order valence-electron chi connectivity index (χ4n) is 4.87. The predicted octanol–water partition coefficient (Wildman–Crippen LogP) is 5.17. The lowest BCUT2D eigenvalue weighted by molar-refractivity contribution is 0.270. The van der Waals surface area contributed by atoms with Crippen molar-refractivity contribution >= 4 is 0 Å². The molecule has 0 aromatic carbocycles. The topological polar surface area (TPSA) is 0 Å². The first-order valence-electron chi connectivity index (χ1n) is 7.92. The highest BCUT2D eigenvalue weighted by Crippen LogP contribution is 2.48. The monoisotopic (exact) mass is 220 g/mol. The summed E-state index contributed by atoms with van der Waals surface area (Å²) < 4.78 is 0. The van der Waals surface area contributed by atoms with Crippen molar-refractivity contribution < 1.29 is 0 Å². The van der Waals surface area contributed by atoms with Gasteiger partial charge < -0.3 is 0 Å². The molecule has 2 bridgehead atoms. The van der Waals surface area contributed by atoms with Gasteiger partial charge in [-0.15, -0.1) is 0 Å². The van der Waals surface area contributed by atoms with E-state index in [1.54, 1.807) is 57.8 Å². The zero-order valence-corrected chi connectivity index (χ0v) is 10.8. The van der Waals surface area contributed by atoms with Crippen molar-refractivity contribution in [3.8, 4) is 0 Å². The van der Waals surface area contributed by atoms with Gasteiger partial charge in [0, 0.05) is 0 Å². The Morgan fingerprint density at radius 3 is 2.38 bits per heavy atom. The first-order valence-corrected chi connectivity index (χ1v) is 7.92. The third-order valence-electron chi connectivity index (χ3n) is 5.80. The summed E-state index contributed by atoms with van der Waals surface area (Å²) in [5.41, 5.74) is 0. The van der Waals surface area contributed by atoms with Crippen molar-refractivity contribution in [3.05, 3.63) is 0 Å². The maximum absolute atomic E-state index is 1.61. The van der Waals surface area contributed by atoms with Gasteiger partial charge in [0.25, 0.3) is 0 Å². The predicted molar refractivity (Wildman–Crippen MR) is 69.4 cm³/mol. The summed E-state index contributed by atoms with van der Waals surface area (Å²) in [7, 11) is 0. The van der Waals surface area contributed by atoms with Gasteiger partial charge in [0.05, 0.1) is 0 Å². The summed E-state index contributed by atoms with van der Waals surface area (Å²) in [5.74, 6) is 4.57. The number of hydrogen-bond donors (Lipinski definition) is 0. The van der Waals surface area contributed by atoms with Crippen molar-refractivity contribution in [2.75, 3.05) is 0 Å². The Morgan fingerprint density at radius 2 is 1.56 bits per heavy atom. The summed E-state index contributed by atoms with van der Waals surface area (Å²) in [5, 5.41) is 0. The average Bonchev–Trinajstić information content (AvgIpc) is 2.63. The van der Waals surface area contributed by atoms with Crippen LogP contribution in [0.15, 0.2) is 0 Å². The first-order chi connectivity index (χ1) is 7.92. The van der Waals surface area contributed by atoms with Crippen LogP contribution >= 0.6 is 0 Å². The molecular formula is C16H28. The molecule has 0 heterocycles. The lowest BCUT2D eigenvalue weighted by atomic mass is 9.81. The number of hydrogen-bond acceptors (Lipinski definition) is 0. The summed E-state index contributed by atoms with van der Waals surface area (Å²) >= 11 is 0. The Hall–Kier alpha value is 0. The summed E-state index contributed by atoms with van der Waals surface area (Å²) in [4.78, 5) is 0. The second-order valence-electron chi connectivity index (χ2n) is 6.87. The van der Waals surface area contributed by atoms with Crippen LogP contribution in [0.25, 0.3) is 0 Å². The molecule has 3 saturated carbocycles. The van der Waals surface area contributed by atoms with Crippen LogP contribution in [0.1, 0.15) is 77.0 Å². The Bertz CT molecular complexity index is 214. The molecule has 92 valence electrons. The van der Waals surface area contributed by atoms with Crippen LogP contribution in [0.4, 0.5) is 0 Å². The molecule has 3 aliphatic rings. The van der Waals surface area contributed by atoms with Gasteiger partial charge >= 0.3 is 0 Å². The molecule has 16 heavy (non-hydrogen) atoms. The molecule has 0 radical (unpaired) electrons. The van der Waals surface area contributed by atoms with E-state index in [1.807, 2.05) is 0 Å². The highest BCUT2D eigenvalue weighted by molar-refractivity contribution is 4.87. The average molecular weight is 220 g/mol. The molecular weight excluding hydrogens is 192 g/mol. The molecule has 0 spiro atoms. The van der Waals surface area contributed by atoms with E-state index in [4.69, 9.17) is 0 Å². The van der Waals surface area contributed by atoms with Crippen molar-refractivity contribution in [3.63, 3.8) is 0 Å². The molecule has 0 aliphatic heterocycles. The van der Waals surface area contributed by atoms with Crippen LogP contribution < -0.4 is 0 Å². The zero-order chi connectivity index (χ0) is 10.8. The Morgan fingerprint density at radius 1 is 0.688 bits per heavy atom. The van der Waals surface area contributed by atoms with E-state index < -0.39 is 0 Å². The van der Waals surface area contributed by atoms with E-state index in [2.05, 4.69) is 0 Å². The van der Waals surface area contributed by atoms with Gasteiger partial charge in [0.15, 0.2) is 0 Å². The molecule has 0 N–H and O–H groups in total. The minimum atomic E-state index is 1.12. The molecule has 0 heteroatoms. The Labute approximate surface area is 101 Å². The molecule has 0 amide bonds. The molecule has 0 aromatic heterocycles. The third kappa shape index (κ3) is 2.46. The molecule has 0 aromatic rings. The van der Waals surface area contributed by atoms with E-state index in [0.717, 1.165) is 23.7 Å². The smallest absolute Gasteiger partial charge is 0.0383 e. The fourth-order valence-corrected chi connectivity index (χ4v) is 4.87. The van der Waals surface area contributed by atoms with Gasteiger partial charge in [-0.1, -0.05) is 57.8 Å². The van der Waals surface area contributed by atoms with Crippen molar-refractivity contribution in [2.45, 2.75) is 77.0 Å². The van der Waals surface area contributed by atoms with Crippen LogP contribution in [-0.4, -0.2) is 0 Å². The maximum atomic E-state index is 1.61. The number of rotatable bonds is 3. The van der Waals surface area contributed by atoms with E-state index in [9.17, 15) is 0 Å². The highest BCUT2D eigenvalue weighted by Gasteiger charge is 2.36. The van der Waals surface area contributed by atoms with Crippen LogP contribution in [0.2, 0.25) is 0 Å². The van der Waals surface area contributed by atoms with E-state index in [1.165, 1.54) is 19.3 Å². The summed E-state index contributed by atoms with van der Waals surface area (Å²) in [6, 6.07) is 0. The third-order valence-corrected chi connectivity index (χ3v) is 5.80. The van der Waals surface area contributed by atoms with Crippen molar-refractivity contribution in [1.29, 1.82) is 0 Å². The molecule has 3 unspecified atom stereocenters. The van der Waals surface area contributed by atoms with Gasteiger partial charge in [0.2, 0.25) is 0 Å². The lowest BCUT2D eigenvalue weighted by Gasteiger charge is -2.25. The van der Waals surface area contributed by atoms with E-state index >= 15 is 0 Å². The first kappa shape index (κ1) is 11.1. The standard InChI is InChI=1S/C16H28/c1-2-5-13(6-3-1)9-10-16-12-14-7-4-8-15(16)11-14/h13-16H,1-12H2.